The van der Waals surface area contributed by atoms with Crippen LogP contribution in [0.1, 0.15) is 25.0 Å². The van der Waals surface area contributed by atoms with Crippen molar-refractivity contribution < 1.29 is 4.79 Å². The molecule has 0 spiro atoms. The fourth-order valence-electron chi connectivity index (χ4n) is 3.29. The molecule has 160 valence electrons. The average Bonchev–Trinajstić information content (AvgIpc) is 3.26. The summed E-state index contributed by atoms with van der Waals surface area (Å²) in [6.07, 6.45) is 8.34. The zero-order valence-corrected chi connectivity index (χ0v) is 18.1. The number of hydrogen-bond acceptors (Lipinski definition) is 5. The highest BCUT2D eigenvalue weighted by atomic mass is 35.5. The zero-order chi connectivity index (χ0) is 21.2. The first kappa shape index (κ1) is 22.1. The van der Waals surface area contributed by atoms with Gasteiger partial charge in [-0.1, -0.05) is 11.6 Å². The van der Waals surface area contributed by atoms with Crippen molar-refractivity contribution in [3.63, 3.8) is 0 Å². The molecule has 3 rings (SSSR count). The lowest BCUT2D eigenvalue weighted by molar-refractivity contribution is -0.121. The van der Waals surface area contributed by atoms with Gasteiger partial charge in [0.1, 0.15) is 0 Å². The summed E-state index contributed by atoms with van der Waals surface area (Å²) in [4.78, 5) is 25.5. The molecule has 2 aromatic heterocycles. The van der Waals surface area contributed by atoms with Crippen molar-refractivity contribution in [3.05, 3.63) is 53.7 Å². The topological polar surface area (TPSA) is 85.9 Å². The molecule has 0 aliphatic heterocycles. The first-order valence-electron chi connectivity index (χ1n) is 10.3. The van der Waals surface area contributed by atoms with Gasteiger partial charge in [-0.15, -0.1) is 0 Å². The van der Waals surface area contributed by atoms with E-state index >= 15 is 0 Å². The molecule has 3 N–H and O–H groups in total. The Balaban J connectivity index is 1.26. The largest absolute Gasteiger partial charge is 0.384 e. The summed E-state index contributed by atoms with van der Waals surface area (Å²) < 4.78 is 0. The number of amides is 1. The Morgan fingerprint density at radius 1 is 1.20 bits per heavy atom. The van der Waals surface area contributed by atoms with Gasteiger partial charge in [0.2, 0.25) is 5.91 Å². The minimum atomic E-state index is 0.0855. The number of nitrogens with zero attached hydrogens (tertiary/aromatic N) is 3. The number of nitrogens with one attached hydrogen (secondary N) is 3. The minimum absolute atomic E-state index is 0.0855. The van der Waals surface area contributed by atoms with Crippen LogP contribution < -0.4 is 10.6 Å². The Kier molecular flexibility index (Phi) is 8.47. The second-order valence-corrected chi connectivity index (χ2v) is 7.82. The van der Waals surface area contributed by atoms with Crippen LogP contribution in [0.2, 0.25) is 5.02 Å². The number of halogens is 1. The first-order valence-corrected chi connectivity index (χ1v) is 10.7. The predicted molar refractivity (Wildman–Crippen MR) is 122 cm³/mol. The summed E-state index contributed by atoms with van der Waals surface area (Å²) in [6.45, 7) is 3.54. The van der Waals surface area contributed by atoms with Gasteiger partial charge < -0.3 is 20.5 Å². The Hall–Kier alpha value is -2.64. The molecule has 1 aromatic carbocycles. The molecular weight excluding hydrogens is 400 g/mol. The third-order valence-electron chi connectivity index (χ3n) is 4.95. The Morgan fingerprint density at radius 3 is 2.83 bits per heavy atom. The maximum absolute atomic E-state index is 11.9. The van der Waals surface area contributed by atoms with Gasteiger partial charge in [-0.3, -0.25) is 9.78 Å². The first-order chi connectivity index (χ1) is 14.6. The number of rotatable bonds is 12. The zero-order valence-electron chi connectivity index (χ0n) is 17.3. The van der Waals surface area contributed by atoms with Crippen molar-refractivity contribution in [1.29, 1.82) is 0 Å². The quantitative estimate of drug-likeness (QED) is 0.384. The van der Waals surface area contributed by atoms with E-state index in [4.69, 9.17) is 11.6 Å². The Bertz CT molecular complexity index is 931. The molecule has 0 saturated heterocycles. The van der Waals surface area contributed by atoms with Gasteiger partial charge in [0.05, 0.1) is 11.8 Å². The minimum Gasteiger partial charge on any atom is -0.384 e. The van der Waals surface area contributed by atoms with Crippen molar-refractivity contribution in [2.75, 3.05) is 38.5 Å². The molecule has 8 heteroatoms. The van der Waals surface area contributed by atoms with E-state index in [0.29, 0.717) is 24.4 Å². The number of aromatic amines is 1. The van der Waals surface area contributed by atoms with Crippen molar-refractivity contribution in [2.45, 2.75) is 25.7 Å². The number of aryl methyl sites for hydroxylation is 1. The molecule has 7 nitrogen and oxygen atoms in total. The number of pyridine rings is 1. The molecule has 0 radical (unpaired) electrons. The number of benzene rings is 1. The van der Waals surface area contributed by atoms with Crippen LogP contribution in [0.15, 0.2) is 43.0 Å². The highest BCUT2D eigenvalue weighted by molar-refractivity contribution is 6.31. The smallest absolute Gasteiger partial charge is 0.220 e. The van der Waals surface area contributed by atoms with Crippen LogP contribution >= 0.6 is 11.6 Å². The third-order valence-corrected chi connectivity index (χ3v) is 5.19. The number of anilines is 1. The highest BCUT2D eigenvalue weighted by Crippen LogP contribution is 2.24. The van der Waals surface area contributed by atoms with Crippen molar-refractivity contribution in [3.8, 4) is 0 Å². The normalized spacial score (nSPS) is 11.2. The van der Waals surface area contributed by atoms with E-state index in [1.807, 2.05) is 24.3 Å². The summed E-state index contributed by atoms with van der Waals surface area (Å²) in [5.74, 6) is 0.0855. The van der Waals surface area contributed by atoms with Gasteiger partial charge in [-0.25, -0.2) is 4.98 Å². The standard InChI is InChI=1S/C22H29ClN6O/c1-29(13-3-10-27-22(30)7-5-18-15-24-16-28-18)12-2-9-25-20-8-11-26-21-14-17(23)4-6-19(20)21/h4,6,8,11,14-16H,2-3,5,7,9-10,12-13H2,1H3,(H,24,28)(H,25,26)(H,27,30). The fourth-order valence-corrected chi connectivity index (χ4v) is 3.46. The fraction of sp³-hybridized carbons (Fsp3) is 0.409. The number of carbonyl (C=O) groups is 1. The van der Waals surface area contributed by atoms with Gasteiger partial charge in [-0.2, -0.15) is 0 Å². The lowest BCUT2D eigenvalue weighted by Crippen LogP contribution is -2.29. The maximum atomic E-state index is 11.9. The number of fused-ring (bicyclic) bond motifs is 1. The number of imidazole rings is 1. The summed E-state index contributed by atoms with van der Waals surface area (Å²) in [5.41, 5.74) is 2.97. The van der Waals surface area contributed by atoms with Crippen LogP contribution in [0.4, 0.5) is 5.69 Å². The molecule has 0 saturated carbocycles. The van der Waals surface area contributed by atoms with E-state index in [1.165, 1.54) is 0 Å². The van der Waals surface area contributed by atoms with Crippen LogP contribution in [-0.2, 0) is 11.2 Å². The summed E-state index contributed by atoms with van der Waals surface area (Å²) in [6, 6.07) is 7.77. The SMILES string of the molecule is CN(CCCNC(=O)CCc1cnc[nH]1)CCCNc1ccnc2cc(Cl)ccc12. The van der Waals surface area contributed by atoms with Crippen LogP contribution in [0.5, 0.6) is 0 Å². The lowest BCUT2D eigenvalue weighted by Gasteiger charge is -2.17. The van der Waals surface area contributed by atoms with Crippen LogP contribution in [0.3, 0.4) is 0 Å². The number of carbonyl (C=O) groups excluding carboxylic acids is 1. The van der Waals surface area contributed by atoms with E-state index in [9.17, 15) is 4.79 Å². The average molecular weight is 429 g/mol. The summed E-state index contributed by atoms with van der Waals surface area (Å²) in [5, 5.41) is 8.26. The van der Waals surface area contributed by atoms with E-state index in [0.717, 1.165) is 54.8 Å². The molecule has 2 heterocycles. The Labute approximate surface area is 182 Å². The molecule has 0 fully saturated rings. The number of H-pyrrole nitrogens is 1. The van der Waals surface area contributed by atoms with Crippen LogP contribution in [0.25, 0.3) is 10.9 Å². The maximum Gasteiger partial charge on any atom is 0.220 e. The van der Waals surface area contributed by atoms with Crippen molar-refractivity contribution >= 4 is 34.1 Å². The monoisotopic (exact) mass is 428 g/mol. The number of hydrogen-bond donors (Lipinski definition) is 3. The van der Waals surface area contributed by atoms with E-state index in [1.54, 1.807) is 18.7 Å². The van der Waals surface area contributed by atoms with E-state index in [2.05, 4.69) is 37.5 Å². The van der Waals surface area contributed by atoms with Crippen molar-refractivity contribution in [1.82, 2.24) is 25.2 Å². The van der Waals surface area contributed by atoms with E-state index in [-0.39, 0.29) is 5.91 Å². The molecule has 3 aromatic rings. The summed E-state index contributed by atoms with van der Waals surface area (Å²) in [7, 11) is 2.11. The second kappa shape index (κ2) is 11.5. The molecule has 0 atom stereocenters. The molecule has 0 aliphatic carbocycles. The predicted octanol–water partition coefficient (Wildman–Crippen LogP) is 3.48. The number of aromatic nitrogens is 3. The Morgan fingerprint density at radius 2 is 2.03 bits per heavy atom. The van der Waals surface area contributed by atoms with Crippen LogP contribution in [0, 0.1) is 0 Å². The molecule has 0 aliphatic rings. The van der Waals surface area contributed by atoms with Crippen LogP contribution in [-0.4, -0.2) is 59.0 Å². The van der Waals surface area contributed by atoms with Gasteiger partial charge in [0.15, 0.2) is 0 Å². The van der Waals surface area contributed by atoms with Gasteiger partial charge in [-0.05, 0) is 63.7 Å². The van der Waals surface area contributed by atoms with Gasteiger partial charge in [0, 0.05) is 53.7 Å². The van der Waals surface area contributed by atoms with Gasteiger partial charge >= 0.3 is 0 Å². The molecule has 30 heavy (non-hydrogen) atoms. The van der Waals surface area contributed by atoms with Crippen molar-refractivity contribution in [2.24, 2.45) is 0 Å². The highest BCUT2D eigenvalue weighted by Gasteiger charge is 2.05. The molecule has 0 bridgehead atoms. The summed E-state index contributed by atoms with van der Waals surface area (Å²) >= 11 is 6.05. The van der Waals surface area contributed by atoms with E-state index < -0.39 is 0 Å². The third kappa shape index (κ3) is 7.00. The molecule has 0 unspecified atom stereocenters. The second-order valence-electron chi connectivity index (χ2n) is 7.38. The molecule has 1 amide bonds. The molecular formula is C22H29ClN6O. The van der Waals surface area contributed by atoms with Gasteiger partial charge in [0.25, 0.3) is 0 Å². The lowest BCUT2D eigenvalue weighted by atomic mass is 10.2.